The lowest BCUT2D eigenvalue weighted by molar-refractivity contribution is -0.151. The molecule has 212 valence electrons. The minimum absolute atomic E-state index is 0.0241. The number of rotatable bonds is 7. The van der Waals surface area contributed by atoms with E-state index in [0.29, 0.717) is 13.1 Å². The lowest BCUT2D eigenvalue weighted by Gasteiger charge is -2.36. The number of ether oxygens (including phenoxy) is 2. The van der Waals surface area contributed by atoms with Crippen LogP contribution in [-0.2, 0) is 29.6 Å². The molecule has 0 radical (unpaired) electrons. The van der Waals surface area contributed by atoms with Crippen molar-refractivity contribution in [3.05, 3.63) is 78.4 Å². The van der Waals surface area contributed by atoms with Gasteiger partial charge in [0, 0.05) is 37.9 Å². The van der Waals surface area contributed by atoms with Crippen molar-refractivity contribution in [1.82, 2.24) is 4.31 Å². The van der Waals surface area contributed by atoms with Crippen LogP contribution in [0.15, 0.2) is 82.6 Å². The van der Waals surface area contributed by atoms with Gasteiger partial charge in [-0.25, -0.2) is 21.6 Å². The zero-order chi connectivity index (χ0) is 28.5. The zero-order valence-corrected chi connectivity index (χ0v) is 23.9. The van der Waals surface area contributed by atoms with E-state index in [9.17, 15) is 21.6 Å². The van der Waals surface area contributed by atoms with Crippen LogP contribution in [0.2, 0.25) is 0 Å². The summed E-state index contributed by atoms with van der Waals surface area (Å²) in [4.78, 5) is 14.8. The molecule has 2 aliphatic rings. The second-order valence-electron chi connectivity index (χ2n) is 9.56. The van der Waals surface area contributed by atoms with Crippen molar-refractivity contribution in [2.45, 2.75) is 29.7 Å². The number of hydrogen-bond acceptors (Lipinski definition) is 8. The first kappa shape index (κ1) is 27.9. The molecule has 1 fully saturated rings. The Morgan fingerprint density at radius 1 is 0.875 bits per heavy atom. The quantitative estimate of drug-likeness (QED) is 0.389. The van der Waals surface area contributed by atoms with Gasteiger partial charge in [-0.15, -0.1) is 0 Å². The minimum Gasteiger partial charge on any atom is -0.475 e. The molecule has 1 atom stereocenters. The summed E-state index contributed by atoms with van der Waals surface area (Å²) in [5, 5.41) is 0. The fraction of sp³-hybridized carbons (Fsp3) is 0.321. The molecule has 10 nitrogen and oxygen atoms in total. The maximum absolute atomic E-state index is 13.7. The molecule has 1 saturated heterocycles. The number of fused-ring (bicyclic) bond motifs is 1. The number of piperazine rings is 1. The Kier molecular flexibility index (Phi) is 7.76. The highest BCUT2D eigenvalue weighted by molar-refractivity contribution is 7.92. The molecule has 0 unspecified atom stereocenters. The molecule has 3 aromatic carbocycles. The van der Waals surface area contributed by atoms with Crippen LogP contribution >= 0.6 is 0 Å². The van der Waals surface area contributed by atoms with E-state index in [1.54, 1.807) is 19.1 Å². The van der Waals surface area contributed by atoms with Gasteiger partial charge in [0.1, 0.15) is 5.75 Å². The molecule has 40 heavy (non-hydrogen) atoms. The Bertz CT molecular complexity index is 1590. The maximum atomic E-state index is 13.7. The number of para-hydroxylation sites is 1. The van der Waals surface area contributed by atoms with Gasteiger partial charge in [0.15, 0.2) is 0 Å². The molecule has 0 N–H and O–H groups in total. The maximum Gasteiger partial charge on any atom is 0.349 e. The molecule has 0 bridgehead atoms. The highest BCUT2D eigenvalue weighted by Crippen LogP contribution is 2.39. The molecule has 5 rings (SSSR count). The summed E-state index contributed by atoms with van der Waals surface area (Å²) in [5.41, 5.74) is 2.07. The van der Waals surface area contributed by atoms with Crippen LogP contribution in [0.4, 0.5) is 11.4 Å². The minimum atomic E-state index is -4.09. The van der Waals surface area contributed by atoms with E-state index >= 15 is 0 Å². The second-order valence-corrected chi connectivity index (χ2v) is 13.4. The summed E-state index contributed by atoms with van der Waals surface area (Å²) in [6.45, 7) is 4.88. The molecule has 3 aromatic rings. The third kappa shape index (κ3) is 5.38. The molecule has 0 aliphatic carbocycles. The molecule has 2 aliphatic heterocycles. The first-order chi connectivity index (χ1) is 19.1. The predicted octanol–water partition coefficient (Wildman–Crippen LogP) is 3.03. The fourth-order valence-electron chi connectivity index (χ4n) is 4.79. The van der Waals surface area contributed by atoms with Gasteiger partial charge in [-0.1, -0.05) is 35.9 Å². The highest BCUT2D eigenvalue weighted by Gasteiger charge is 2.39. The fourth-order valence-corrected chi connectivity index (χ4v) is 7.71. The lowest BCUT2D eigenvalue weighted by Crippen LogP contribution is -2.49. The van der Waals surface area contributed by atoms with Crippen LogP contribution < -0.4 is 13.9 Å². The predicted molar refractivity (Wildman–Crippen MR) is 151 cm³/mol. The van der Waals surface area contributed by atoms with Crippen LogP contribution in [0, 0.1) is 6.92 Å². The molecule has 0 aromatic heterocycles. The van der Waals surface area contributed by atoms with Gasteiger partial charge in [-0.05, 0) is 50.2 Å². The highest BCUT2D eigenvalue weighted by atomic mass is 32.2. The molecule has 0 spiro atoms. The van der Waals surface area contributed by atoms with E-state index in [4.69, 9.17) is 9.47 Å². The van der Waals surface area contributed by atoms with E-state index in [-0.39, 0.29) is 47.5 Å². The number of nitrogens with zero attached hydrogens (tertiary/aromatic N) is 3. The van der Waals surface area contributed by atoms with Crippen LogP contribution in [0.1, 0.15) is 12.5 Å². The Morgan fingerprint density at radius 3 is 2.17 bits per heavy atom. The van der Waals surface area contributed by atoms with Crippen molar-refractivity contribution in [3.8, 4) is 5.75 Å². The number of aryl methyl sites for hydroxylation is 1. The van der Waals surface area contributed by atoms with Gasteiger partial charge in [0.2, 0.25) is 16.1 Å². The second kappa shape index (κ2) is 11.1. The van der Waals surface area contributed by atoms with Crippen molar-refractivity contribution in [2.24, 2.45) is 0 Å². The summed E-state index contributed by atoms with van der Waals surface area (Å²) in [6.07, 6.45) is -1.26. The molecule has 0 saturated carbocycles. The summed E-state index contributed by atoms with van der Waals surface area (Å²) < 4.78 is 67.9. The van der Waals surface area contributed by atoms with E-state index in [2.05, 4.69) is 4.90 Å². The van der Waals surface area contributed by atoms with Crippen LogP contribution in [0.3, 0.4) is 0 Å². The third-order valence-electron chi connectivity index (χ3n) is 6.96. The van der Waals surface area contributed by atoms with Gasteiger partial charge in [0.05, 0.1) is 28.6 Å². The van der Waals surface area contributed by atoms with Gasteiger partial charge in [0.25, 0.3) is 10.0 Å². The topological polar surface area (TPSA) is 114 Å². The summed E-state index contributed by atoms with van der Waals surface area (Å²) in [6, 6.07) is 20.2. The summed E-state index contributed by atoms with van der Waals surface area (Å²) in [5.74, 6) is -0.758. The first-order valence-corrected chi connectivity index (χ1v) is 15.9. The molecular formula is C28H31N3O7S2. The van der Waals surface area contributed by atoms with Gasteiger partial charge in [-0.2, -0.15) is 4.31 Å². The average Bonchev–Trinajstić information content (AvgIpc) is 2.97. The number of anilines is 2. The van der Waals surface area contributed by atoms with E-state index in [0.717, 1.165) is 15.6 Å². The zero-order valence-electron chi connectivity index (χ0n) is 22.3. The normalized spacial score (nSPS) is 18.1. The number of carbonyl (C=O) groups excluding carboxylic acids is 1. The average molecular weight is 586 g/mol. The Hall–Kier alpha value is -3.61. The molecule has 12 heteroatoms. The Morgan fingerprint density at radius 2 is 1.52 bits per heavy atom. The largest absolute Gasteiger partial charge is 0.475 e. The Labute approximate surface area is 234 Å². The number of carbonyl (C=O) groups is 1. The van der Waals surface area contributed by atoms with E-state index in [1.165, 1.54) is 34.6 Å². The van der Waals surface area contributed by atoms with E-state index < -0.39 is 32.1 Å². The number of hydrogen-bond donors (Lipinski definition) is 0. The lowest BCUT2D eigenvalue weighted by atomic mass is 10.2. The van der Waals surface area contributed by atoms with Crippen LogP contribution in [0.5, 0.6) is 5.75 Å². The summed E-state index contributed by atoms with van der Waals surface area (Å²) >= 11 is 0. The van der Waals surface area contributed by atoms with Crippen molar-refractivity contribution in [3.63, 3.8) is 0 Å². The molecule has 0 amide bonds. The van der Waals surface area contributed by atoms with Crippen molar-refractivity contribution in [1.29, 1.82) is 0 Å². The van der Waals surface area contributed by atoms with E-state index in [1.807, 2.05) is 37.3 Å². The first-order valence-electron chi connectivity index (χ1n) is 13.0. The standard InChI is InChI=1S/C28H31N3O7S2/c1-3-37-28(32)27-20-31(40(35,36)23-11-9-21(2)10-12-23)25-14-13-24(19-26(25)38-27)39(33,34)30-17-15-29(16-18-30)22-7-5-4-6-8-22/h4-14,19,27H,3,15-18,20H2,1-2H3/t27-/m0/s1. The smallest absolute Gasteiger partial charge is 0.349 e. The molecule has 2 heterocycles. The van der Waals surface area contributed by atoms with Crippen molar-refractivity contribution in [2.75, 3.05) is 48.5 Å². The number of sulfonamides is 2. The van der Waals surface area contributed by atoms with Crippen LogP contribution in [-0.4, -0.2) is 72.5 Å². The summed E-state index contributed by atoms with van der Waals surface area (Å²) in [7, 11) is -8.01. The van der Waals surface area contributed by atoms with Gasteiger partial charge in [-0.3, -0.25) is 4.31 Å². The van der Waals surface area contributed by atoms with Crippen molar-refractivity contribution < 1.29 is 31.1 Å². The SMILES string of the molecule is CCOC(=O)[C@@H]1CN(S(=O)(=O)c2ccc(C)cc2)c2ccc(S(=O)(=O)N3CCN(c4ccccc4)CC3)cc2O1. The number of esters is 1. The van der Waals surface area contributed by atoms with Crippen molar-refractivity contribution >= 4 is 37.4 Å². The Balaban J connectivity index is 1.45. The third-order valence-corrected chi connectivity index (χ3v) is 10.6. The molecular weight excluding hydrogens is 554 g/mol. The van der Waals surface area contributed by atoms with Gasteiger partial charge < -0.3 is 14.4 Å². The monoisotopic (exact) mass is 585 g/mol. The van der Waals surface area contributed by atoms with Gasteiger partial charge >= 0.3 is 5.97 Å². The number of benzene rings is 3. The van der Waals surface area contributed by atoms with Crippen LogP contribution in [0.25, 0.3) is 0 Å².